The van der Waals surface area contributed by atoms with E-state index in [0.717, 1.165) is 12.8 Å². The summed E-state index contributed by atoms with van der Waals surface area (Å²) in [7, 11) is 1.88. The summed E-state index contributed by atoms with van der Waals surface area (Å²) in [6, 6.07) is 0.688. The third kappa shape index (κ3) is 4.58. The molecule has 0 aromatic rings. The molecule has 0 spiro atoms. The normalized spacial score (nSPS) is 25.6. The van der Waals surface area contributed by atoms with Crippen LogP contribution < -0.4 is 0 Å². The fourth-order valence-corrected chi connectivity index (χ4v) is 2.94. The molecule has 1 amide bonds. The molecule has 18 heavy (non-hydrogen) atoms. The van der Waals surface area contributed by atoms with Gasteiger partial charge in [-0.25, -0.2) is 0 Å². The lowest BCUT2D eigenvalue weighted by molar-refractivity contribution is -0.138. The highest BCUT2D eigenvalue weighted by molar-refractivity contribution is 5.79. The highest BCUT2D eigenvalue weighted by atomic mass is 16.3. The van der Waals surface area contributed by atoms with Gasteiger partial charge in [0.05, 0.1) is 12.1 Å². The highest BCUT2D eigenvalue weighted by Crippen LogP contribution is 2.22. The van der Waals surface area contributed by atoms with E-state index in [1.54, 1.807) is 13.8 Å². The molecular weight excluding hydrogens is 228 g/mol. The van der Waals surface area contributed by atoms with Gasteiger partial charge in [0, 0.05) is 18.6 Å². The minimum Gasteiger partial charge on any atom is -0.389 e. The molecule has 1 aliphatic heterocycles. The Kier molecular flexibility index (Phi) is 5.17. The van der Waals surface area contributed by atoms with E-state index in [-0.39, 0.29) is 5.91 Å². The van der Waals surface area contributed by atoms with Gasteiger partial charge in [-0.2, -0.15) is 0 Å². The van der Waals surface area contributed by atoms with Crippen LogP contribution in [0.25, 0.3) is 0 Å². The molecule has 1 saturated heterocycles. The van der Waals surface area contributed by atoms with Gasteiger partial charge in [-0.3, -0.25) is 9.69 Å². The van der Waals surface area contributed by atoms with Gasteiger partial charge in [0.1, 0.15) is 0 Å². The fourth-order valence-electron chi connectivity index (χ4n) is 2.94. The van der Waals surface area contributed by atoms with Crippen LogP contribution in [0.5, 0.6) is 0 Å². The summed E-state index contributed by atoms with van der Waals surface area (Å²) >= 11 is 0. The van der Waals surface area contributed by atoms with Gasteiger partial charge in [-0.15, -0.1) is 0 Å². The molecule has 1 fully saturated rings. The largest absolute Gasteiger partial charge is 0.389 e. The van der Waals surface area contributed by atoms with Gasteiger partial charge in [0.25, 0.3) is 0 Å². The van der Waals surface area contributed by atoms with Crippen molar-refractivity contribution in [1.29, 1.82) is 0 Å². The second-order valence-electron chi connectivity index (χ2n) is 6.41. The van der Waals surface area contributed by atoms with Crippen molar-refractivity contribution in [3.63, 3.8) is 0 Å². The van der Waals surface area contributed by atoms with E-state index in [9.17, 15) is 9.90 Å². The van der Waals surface area contributed by atoms with Crippen molar-refractivity contribution in [3.05, 3.63) is 0 Å². The van der Waals surface area contributed by atoms with E-state index in [2.05, 4.69) is 13.8 Å². The lowest BCUT2D eigenvalue weighted by atomic mass is 9.97. The van der Waals surface area contributed by atoms with E-state index >= 15 is 0 Å². The Bertz CT molecular complexity index is 276. The van der Waals surface area contributed by atoms with Crippen LogP contribution in [0.2, 0.25) is 0 Å². The van der Waals surface area contributed by atoms with Crippen LogP contribution >= 0.6 is 0 Å². The molecule has 1 rings (SSSR count). The van der Waals surface area contributed by atoms with Crippen molar-refractivity contribution in [2.75, 3.05) is 20.1 Å². The monoisotopic (exact) mass is 256 g/mol. The van der Waals surface area contributed by atoms with Crippen molar-refractivity contribution in [3.8, 4) is 0 Å². The number of likely N-dealkylation sites (tertiary alicyclic amines) is 1. The van der Waals surface area contributed by atoms with Gasteiger partial charge < -0.3 is 10.0 Å². The molecular formula is C14H28N2O2. The van der Waals surface area contributed by atoms with Crippen molar-refractivity contribution in [2.45, 2.75) is 64.6 Å². The van der Waals surface area contributed by atoms with Crippen LogP contribution in [0.15, 0.2) is 0 Å². The average Bonchev–Trinajstić information content (AvgIpc) is 2.13. The lowest BCUT2D eigenvalue weighted by Crippen LogP contribution is -2.51. The summed E-state index contributed by atoms with van der Waals surface area (Å²) in [6.45, 7) is 8.68. The minimum absolute atomic E-state index is 0.182. The Morgan fingerprint density at radius 3 is 2.28 bits per heavy atom. The lowest BCUT2D eigenvalue weighted by Gasteiger charge is -2.40. The fraction of sp³-hybridized carbons (Fsp3) is 0.929. The first kappa shape index (κ1) is 15.4. The first-order chi connectivity index (χ1) is 8.20. The number of carbonyl (C=O) groups is 1. The molecule has 4 nitrogen and oxygen atoms in total. The summed E-state index contributed by atoms with van der Waals surface area (Å²) in [5, 5.41) is 9.75. The maximum Gasteiger partial charge on any atom is 0.237 e. The number of rotatable bonds is 4. The van der Waals surface area contributed by atoms with Crippen LogP contribution in [0.3, 0.4) is 0 Å². The molecule has 106 valence electrons. The number of carbonyl (C=O) groups excluding carboxylic acids is 1. The number of likely N-dealkylation sites (N-methyl/N-ethyl adjacent to an activating group) is 1. The second-order valence-corrected chi connectivity index (χ2v) is 6.41. The molecule has 2 atom stereocenters. The number of amides is 1. The van der Waals surface area contributed by atoms with Crippen LogP contribution in [-0.2, 0) is 4.79 Å². The Morgan fingerprint density at radius 2 is 1.83 bits per heavy atom. The van der Waals surface area contributed by atoms with Crippen LogP contribution in [-0.4, -0.2) is 58.6 Å². The summed E-state index contributed by atoms with van der Waals surface area (Å²) in [5.41, 5.74) is -0.756. The molecule has 0 aromatic heterocycles. The van der Waals surface area contributed by atoms with Crippen LogP contribution in [0.4, 0.5) is 0 Å². The first-order valence-corrected chi connectivity index (χ1v) is 6.93. The summed E-state index contributed by atoms with van der Waals surface area (Å²) in [5.74, 6) is 0.182. The topological polar surface area (TPSA) is 43.8 Å². The molecule has 1 heterocycles. The number of piperidine rings is 1. The zero-order valence-electron chi connectivity index (χ0n) is 12.4. The maximum atomic E-state index is 12.3. The zero-order valence-corrected chi connectivity index (χ0v) is 12.4. The third-order valence-corrected chi connectivity index (χ3v) is 3.54. The quantitative estimate of drug-likeness (QED) is 0.828. The van der Waals surface area contributed by atoms with Crippen molar-refractivity contribution in [2.24, 2.45) is 0 Å². The van der Waals surface area contributed by atoms with Crippen molar-refractivity contribution >= 4 is 5.91 Å². The Balaban J connectivity index is 2.53. The molecule has 1 N–H and O–H groups in total. The SMILES string of the molecule is C[C@@H]1CCC[C@@H](C)N1C(=O)CN(C)CC(C)(C)O. The predicted molar refractivity (Wildman–Crippen MR) is 73.4 cm³/mol. The van der Waals surface area contributed by atoms with E-state index in [4.69, 9.17) is 0 Å². The molecule has 0 saturated carbocycles. The standard InChI is InChI=1S/C14H28N2O2/c1-11-7-6-8-12(2)16(11)13(17)9-15(5)10-14(3,4)18/h11-12,18H,6-10H2,1-5H3/t11-,12-/m1/s1. The molecule has 0 bridgehead atoms. The second kappa shape index (κ2) is 6.02. The molecule has 1 aliphatic rings. The molecule has 0 unspecified atom stereocenters. The zero-order chi connectivity index (χ0) is 13.9. The van der Waals surface area contributed by atoms with Crippen molar-refractivity contribution < 1.29 is 9.90 Å². The van der Waals surface area contributed by atoms with Gasteiger partial charge in [0.2, 0.25) is 5.91 Å². The maximum absolute atomic E-state index is 12.3. The van der Waals surface area contributed by atoms with E-state index in [1.165, 1.54) is 6.42 Å². The number of aliphatic hydroxyl groups is 1. The van der Waals surface area contributed by atoms with E-state index in [0.29, 0.717) is 25.2 Å². The van der Waals surface area contributed by atoms with E-state index in [1.807, 2.05) is 16.8 Å². The van der Waals surface area contributed by atoms with E-state index < -0.39 is 5.60 Å². The molecule has 0 aliphatic carbocycles. The summed E-state index contributed by atoms with van der Waals surface area (Å²) < 4.78 is 0. The van der Waals surface area contributed by atoms with Crippen molar-refractivity contribution in [1.82, 2.24) is 9.80 Å². The predicted octanol–water partition coefficient (Wildman–Crippen LogP) is 1.48. The Hall–Kier alpha value is -0.610. The first-order valence-electron chi connectivity index (χ1n) is 6.93. The molecule has 0 radical (unpaired) electrons. The Morgan fingerprint density at radius 1 is 1.33 bits per heavy atom. The average molecular weight is 256 g/mol. The Labute approximate surface area is 111 Å². The smallest absolute Gasteiger partial charge is 0.237 e. The summed E-state index contributed by atoms with van der Waals surface area (Å²) in [4.78, 5) is 16.2. The number of hydrogen-bond donors (Lipinski definition) is 1. The van der Waals surface area contributed by atoms with Crippen LogP contribution in [0, 0.1) is 0 Å². The van der Waals surface area contributed by atoms with Gasteiger partial charge >= 0.3 is 0 Å². The molecule has 0 aromatic carbocycles. The van der Waals surface area contributed by atoms with Gasteiger partial charge in [0.15, 0.2) is 0 Å². The molecule has 4 heteroatoms. The van der Waals surface area contributed by atoms with Gasteiger partial charge in [-0.05, 0) is 54.0 Å². The number of hydrogen-bond acceptors (Lipinski definition) is 3. The third-order valence-electron chi connectivity index (χ3n) is 3.54. The highest BCUT2D eigenvalue weighted by Gasteiger charge is 2.29. The van der Waals surface area contributed by atoms with Crippen LogP contribution in [0.1, 0.15) is 47.0 Å². The summed E-state index contributed by atoms with van der Waals surface area (Å²) in [6.07, 6.45) is 3.42. The van der Waals surface area contributed by atoms with Gasteiger partial charge in [-0.1, -0.05) is 0 Å². The minimum atomic E-state index is -0.756. The number of nitrogens with zero attached hydrogens (tertiary/aromatic N) is 2.